The van der Waals surface area contributed by atoms with E-state index in [0.717, 1.165) is 19.4 Å². The summed E-state index contributed by atoms with van der Waals surface area (Å²) in [6.45, 7) is 3.25. The van der Waals surface area contributed by atoms with Gasteiger partial charge in [0.2, 0.25) is 5.89 Å². The van der Waals surface area contributed by atoms with Gasteiger partial charge < -0.3 is 9.84 Å². The second-order valence-corrected chi connectivity index (χ2v) is 5.52. The van der Waals surface area contributed by atoms with Crippen molar-refractivity contribution >= 4 is 0 Å². The number of nitrogens with one attached hydrogen (secondary N) is 1. The quantitative estimate of drug-likeness (QED) is 0.912. The Bertz CT molecular complexity index is 676. The topological polar surface area (TPSA) is 68.8 Å². The van der Waals surface area contributed by atoms with Crippen LogP contribution < -0.4 is 5.32 Å². The second-order valence-electron chi connectivity index (χ2n) is 5.52. The van der Waals surface area contributed by atoms with Gasteiger partial charge in [0.1, 0.15) is 6.54 Å². The monoisotopic (exact) mass is 329 g/mol. The van der Waals surface area contributed by atoms with Crippen LogP contribution in [0.25, 0.3) is 0 Å². The maximum Gasteiger partial charge on any atom is 0.435 e. The number of rotatable bonds is 5. The molecule has 0 aliphatic heterocycles. The van der Waals surface area contributed by atoms with Gasteiger partial charge in [0.05, 0.1) is 6.54 Å². The first kappa shape index (κ1) is 16.0. The third kappa shape index (κ3) is 3.39. The van der Waals surface area contributed by atoms with Gasteiger partial charge in [-0.2, -0.15) is 23.3 Å². The Morgan fingerprint density at radius 1 is 1.26 bits per heavy atom. The number of alkyl halides is 3. The SMILES string of the molecule is CCNCc1noc(Cn2nc(C(F)(F)F)c3c2CCCC3)n1. The molecular formula is C14H18F3N5O. The lowest BCUT2D eigenvalue weighted by Gasteiger charge is -2.14. The minimum Gasteiger partial charge on any atom is -0.337 e. The Morgan fingerprint density at radius 2 is 2.04 bits per heavy atom. The predicted octanol–water partition coefficient (Wildman–Crippen LogP) is 2.32. The second kappa shape index (κ2) is 6.31. The Labute approximate surface area is 131 Å². The fraction of sp³-hybridized carbons (Fsp3) is 0.643. The van der Waals surface area contributed by atoms with Crippen molar-refractivity contribution in [1.29, 1.82) is 0 Å². The molecule has 9 heteroatoms. The number of hydrogen-bond acceptors (Lipinski definition) is 5. The van der Waals surface area contributed by atoms with Crippen LogP contribution in [0.3, 0.4) is 0 Å². The molecule has 0 saturated heterocycles. The Hall–Kier alpha value is -1.90. The zero-order valence-corrected chi connectivity index (χ0v) is 12.8. The van der Waals surface area contributed by atoms with Crippen molar-refractivity contribution in [3.05, 3.63) is 28.7 Å². The minimum absolute atomic E-state index is 0.0670. The van der Waals surface area contributed by atoms with E-state index >= 15 is 0 Å². The maximum atomic E-state index is 13.1. The molecule has 0 bridgehead atoms. The van der Waals surface area contributed by atoms with Gasteiger partial charge in [0.15, 0.2) is 11.5 Å². The van der Waals surface area contributed by atoms with E-state index in [9.17, 15) is 13.2 Å². The largest absolute Gasteiger partial charge is 0.435 e. The standard InChI is InChI=1S/C14H18F3N5O/c1-2-18-7-11-19-12(23-21-11)8-22-10-6-4-3-5-9(10)13(20-22)14(15,16)17/h18H,2-8H2,1H3. The molecule has 2 aromatic rings. The van der Waals surface area contributed by atoms with E-state index < -0.39 is 11.9 Å². The average Bonchev–Trinajstić information content (AvgIpc) is 3.10. The van der Waals surface area contributed by atoms with Gasteiger partial charge in [-0.05, 0) is 32.2 Å². The minimum atomic E-state index is -4.43. The molecule has 23 heavy (non-hydrogen) atoms. The van der Waals surface area contributed by atoms with E-state index in [1.165, 1.54) is 4.68 Å². The van der Waals surface area contributed by atoms with Crippen LogP contribution in [0.15, 0.2) is 4.52 Å². The first-order chi connectivity index (χ1) is 11.0. The average molecular weight is 329 g/mol. The number of fused-ring (bicyclic) bond motifs is 1. The molecule has 2 aromatic heterocycles. The molecule has 0 aromatic carbocycles. The summed E-state index contributed by atoms with van der Waals surface area (Å²) in [4.78, 5) is 4.18. The van der Waals surface area contributed by atoms with Gasteiger partial charge in [0, 0.05) is 11.3 Å². The van der Waals surface area contributed by atoms with Crippen molar-refractivity contribution in [3.8, 4) is 0 Å². The molecule has 0 saturated carbocycles. The third-order valence-corrected chi connectivity index (χ3v) is 3.85. The van der Waals surface area contributed by atoms with Gasteiger partial charge in [-0.25, -0.2) is 0 Å². The first-order valence-electron chi connectivity index (χ1n) is 7.67. The lowest BCUT2D eigenvalue weighted by molar-refractivity contribution is -0.142. The molecule has 0 fully saturated rings. The van der Waals surface area contributed by atoms with E-state index in [2.05, 4.69) is 20.6 Å². The highest BCUT2D eigenvalue weighted by Gasteiger charge is 2.39. The molecule has 126 valence electrons. The van der Waals surface area contributed by atoms with Gasteiger partial charge in [-0.15, -0.1) is 0 Å². The van der Waals surface area contributed by atoms with Crippen molar-refractivity contribution in [3.63, 3.8) is 0 Å². The highest BCUT2D eigenvalue weighted by atomic mass is 19.4. The van der Waals surface area contributed by atoms with Crippen LogP contribution in [0.1, 0.15) is 48.4 Å². The lowest BCUT2D eigenvalue weighted by Crippen LogP contribution is -2.13. The fourth-order valence-corrected chi connectivity index (χ4v) is 2.82. The van der Waals surface area contributed by atoms with Crippen LogP contribution in [0, 0.1) is 0 Å². The summed E-state index contributed by atoms with van der Waals surface area (Å²) in [6, 6.07) is 0. The van der Waals surface area contributed by atoms with Gasteiger partial charge in [-0.1, -0.05) is 12.1 Å². The molecule has 3 rings (SSSR count). The molecular weight excluding hydrogens is 311 g/mol. The van der Waals surface area contributed by atoms with Crippen LogP contribution >= 0.6 is 0 Å². The number of nitrogens with zero attached hydrogens (tertiary/aromatic N) is 4. The highest BCUT2D eigenvalue weighted by Crippen LogP contribution is 2.35. The van der Waals surface area contributed by atoms with E-state index in [4.69, 9.17) is 4.52 Å². The Balaban J connectivity index is 1.85. The molecule has 0 unspecified atom stereocenters. The van der Waals surface area contributed by atoms with Gasteiger partial charge >= 0.3 is 6.18 Å². The fourth-order valence-electron chi connectivity index (χ4n) is 2.82. The zero-order valence-electron chi connectivity index (χ0n) is 12.8. The van der Waals surface area contributed by atoms with Crippen LogP contribution in [-0.2, 0) is 32.1 Å². The summed E-state index contributed by atoms with van der Waals surface area (Å²) in [5, 5.41) is 10.6. The van der Waals surface area contributed by atoms with Crippen molar-refractivity contribution in [1.82, 2.24) is 25.2 Å². The molecule has 1 N–H and O–H groups in total. The van der Waals surface area contributed by atoms with E-state index in [0.29, 0.717) is 36.5 Å². The first-order valence-corrected chi connectivity index (χ1v) is 7.67. The summed E-state index contributed by atoms with van der Waals surface area (Å²) in [5.74, 6) is 0.751. The van der Waals surface area contributed by atoms with E-state index in [1.807, 2.05) is 6.92 Å². The van der Waals surface area contributed by atoms with Crippen LogP contribution in [0.4, 0.5) is 13.2 Å². The molecule has 1 aliphatic carbocycles. The lowest BCUT2D eigenvalue weighted by atomic mass is 9.95. The summed E-state index contributed by atoms with van der Waals surface area (Å²) in [7, 11) is 0. The Kier molecular flexibility index (Phi) is 4.38. The number of hydrogen-bond donors (Lipinski definition) is 1. The molecule has 6 nitrogen and oxygen atoms in total. The molecule has 0 spiro atoms. The number of halogens is 3. The van der Waals surface area contributed by atoms with Crippen molar-refractivity contribution in [2.24, 2.45) is 0 Å². The highest BCUT2D eigenvalue weighted by molar-refractivity contribution is 5.31. The molecule has 1 aliphatic rings. The van der Waals surface area contributed by atoms with Crippen LogP contribution in [0.5, 0.6) is 0 Å². The van der Waals surface area contributed by atoms with Crippen LogP contribution in [-0.4, -0.2) is 26.5 Å². The van der Waals surface area contributed by atoms with Crippen molar-refractivity contribution in [2.45, 2.75) is 51.9 Å². The van der Waals surface area contributed by atoms with Crippen molar-refractivity contribution < 1.29 is 17.7 Å². The normalized spacial score (nSPS) is 15.0. The van der Waals surface area contributed by atoms with E-state index in [-0.39, 0.29) is 12.4 Å². The summed E-state index contributed by atoms with van der Waals surface area (Å²) in [6.07, 6.45) is -1.80. The third-order valence-electron chi connectivity index (χ3n) is 3.85. The summed E-state index contributed by atoms with van der Waals surface area (Å²) < 4.78 is 45.9. The predicted molar refractivity (Wildman–Crippen MR) is 74.7 cm³/mol. The van der Waals surface area contributed by atoms with Crippen molar-refractivity contribution in [2.75, 3.05) is 6.54 Å². The molecule has 0 amide bonds. The smallest absolute Gasteiger partial charge is 0.337 e. The van der Waals surface area contributed by atoms with E-state index in [1.54, 1.807) is 0 Å². The van der Waals surface area contributed by atoms with Crippen LogP contribution in [0.2, 0.25) is 0 Å². The summed E-state index contributed by atoms with van der Waals surface area (Å²) >= 11 is 0. The number of aromatic nitrogens is 4. The Morgan fingerprint density at radius 3 is 2.78 bits per heavy atom. The maximum absolute atomic E-state index is 13.1. The molecule has 0 radical (unpaired) electrons. The molecule has 2 heterocycles. The molecule has 0 atom stereocenters. The van der Waals surface area contributed by atoms with Gasteiger partial charge in [-0.3, -0.25) is 4.68 Å². The summed E-state index contributed by atoms with van der Waals surface area (Å²) in [5.41, 5.74) is 0.172. The zero-order chi connectivity index (χ0) is 16.4. The van der Waals surface area contributed by atoms with Gasteiger partial charge in [0.25, 0.3) is 0 Å².